The molecule has 0 saturated carbocycles. The van der Waals surface area contributed by atoms with Crippen LogP contribution in [0, 0.1) is 17.0 Å². The molecule has 3 rings (SSSR count). The van der Waals surface area contributed by atoms with Gasteiger partial charge in [0.05, 0.1) is 17.2 Å². The maximum atomic E-state index is 10.8. The molecule has 32 heavy (non-hydrogen) atoms. The van der Waals surface area contributed by atoms with Gasteiger partial charge in [0.15, 0.2) is 5.96 Å². The molecule has 1 aliphatic rings. The third-order valence-electron chi connectivity index (χ3n) is 5.10. The Labute approximate surface area is 205 Å². The van der Waals surface area contributed by atoms with Crippen LogP contribution in [0.15, 0.2) is 39.8 Å². The highest BCUT2D eigenvalue weighted by Crippen LogP contribution is 2.13. The average molecular weight is 558 g/mol. The number of non-ortho nitro benzene ring substituents is 1. The molecular formula is C21H31IN6O4. The molecule has 0 radical (unpaired) electrons. The number of nitro groups is 1. The van der Waals surface area contributed by atoms with Gasteiger partial charge in [0.25, 0.3) is 5.69 Å². The van der Waals surface area contributed by atoms with Crippen molar-refractivity contribution in [3.8, 4) is 0 Å². The fraction of sp³-hybridized carbons (Fsp3) is 0.524. The second-order valence-electron chi connectivity index (χ2n) is 7.53. The molecule has 1 aromatic carbocycles. The maximum Gasteiger partial charge on any atom is 0.269 e. The van der Waals surface area contributed by atoms with Crippen molar-refractivity contribution in [1.82, 2.24) is 20.3 Å². The van der Waals surface area contributed by atoms with Gasteiger partial charge in [0.2, 0.25) is 0 Å². The van der Waals surface area contributed by atoms with Gasteiger partial charge in [-0.05, 0) is 18.9 Å². The van der Waals surface area contributed by atoms with Gasteiger partial charge >= 0.3 is 0 Å². The number of hydrogen-bond donors (Lipinski definition) is 1. The molecule has 2 aromatic rings. The lowest BCUT2D eigenvalue weighted by Crippen LogP contribution is -2.52. The van der Waals surface area contributed by atoms with Crippen LogP contribution >= 0.6 is 24.0 Å². The summed E-state index contributed by atoms with van der Waals surface area (Å²) in [6.45, 7) is 8.12. The predicted octanol–water partition coefficient (Wildman–Crippen LogP) is 2.81. The number of guanidine groups is 1. The molecule has 2 heterocycles. The number of aryl methyl sites for hydroxylation is 1. The number of nitrogens with zero attached hydrogens (tertiary/aromatic N) is 5. The molecule has 0 amide bonds. The van der Waals surface area contributed by atoms with Crippen LogP contribution in [-0.2, 0) is 17.8 Å². The van der Waals surface area contributed by atoms with Crippen molar-refractivity contribution >= 4 is 35.6 Å². The first-order valence-electron chi connectivity index (χ1n) is 10.4. The van der Waals surface area contributed by atoms with Crippen LogP contribution in [0.25, 0.3) is 0 Å². The van der Waals surface area contributed by atoms with Gasteiger partial charge in [0, 0.05) is 71.2 Å². The molecule has 10 nitrogen and oxygen atoms in total. The van der Waals surface area contributed by atoms with Crippen LogP contribution in [0.4, 0.5) is 5.69 Å². The molecule has 11 heteroatoms. The third-order valence-corrected chi connectivity index (χ3v) is 5.10. The Balaban J connectivity index is 0.00000363. The quantitative estimate of drug-likeness (QED) is 0.125. The normalized spacial score (nSPS) is 14.8. The van der Waals surface area contributed by atoms with E-state index in [-0.39, 0.29) is 29.7 Å². The minimum absolute atomic E-state index is 0. The van der Waals surface area contributed by atoms with E-state index in [2.05, 4.69) is 20.3 Å². The van der Waals surface area contributed by atoms with Crippen molar-refractivity contribution in [2.45, 2.75) is 26.4 Å². The number of halogens is 1. The van der Waals surface area contributed by atoms with Gasteiger partial charge in [-0.2, -0.15) is 0 Å². The van der Waals surface area contributed by atoms with Crippen molar-refractivity contribution in [3.63, 3.8) is 0 Å². The fourth-order valence-corrected chi connectivity index (χ4v) is 3.41. The van der Waals surface area contributed by atoms with Crippen molar-refractivity contribution in [3.05, 3.63) is 57.5 Å². The van der Waals surface area contributed by atoms with Gasteiger partial charge in [-0.25, -0.2) is 4.99 Å². The monoisotopic (exact) mass is 558 g/mol. The van der Waals surface area contributed by atoms with E-state index in [4.69, 9.17) is 14.3 Å². The van der Waals surface area contributed by atoms with Gasteiger partial charge in [0.1, 0.15) is 5.76 Å². The fourth-order valence-electron chi connectivity index (χ4n) is 3.41. The SMILES string of the molecule is COCCCNC(=NCc1ccc([N+](=O)[O-])cc1)N1CCN(Cc2cc(C)on2)CC1.I. The highest BCUT2D eigenvalue weighted by molar-refractivity contribution is 14.0. The third kappa shape index (κ3) is 8.02. The van der Waals surface area contributed by atoms with E-state index in [1.807, 2.05) is 13.0 Å². The molecule has 1 aliphatic heterocycles. The van der Waals surface area contributed by atoms with E-state index in [0.717, 1.165) is 68.7 Å². The molecular weight excluding hydrogens is 527 g/mol. The summed E-state index contributed by atoms with van der Waals surface area (Å²) in [5, 5.41) is 18.4. The first kappa shape index (κ1) is 26.0. The minimum atomic E-state index is -0.393. The number of nitro benzene ring substituents is 1. The molecule has 1 aromatic heterocycles. The van der Waals surface area contributed by atoms with E-state index in [9.17, 15) is 10.1 Å². The van der Waals surface area contributed by atoms with Crippen molar-refractivity contribution in [2.75, 3.05) is 46.4 Å². The van der Waals surface area contributed by atoms with Crippen LogP contribution in [0.3, 0.4) is 0 Å². The van der Waals surface area contributed by atoms with Gasteiger partial charge in [-0.1, -0.05) is 17.3 Å². The maximum absolute atomic E-state index is 10.8. The first-order chi connectivity index (χ1) is 15.0. The molecule has 0 bridgehead atoms. The first-order valence-corrected chi connectivity index (χ1v) is 10.4. The summed E-state index contributed by atoms with van der Waals surface area (Å²) in [4.78, 5) is 19.8. The zero-order chi connectivity index (χ0) is 22.1. The van der Waals surface area contributed by atoms with Gasteiger partial charge in [-0.15, -0.1) is 24.0 Å². The predicted molar refractivity (Wildman–Crippen MR) is 132 cm³/mol. The number of hydrogen-bond acceptors (Lipinski definition) is 7. The topological polar surface area (TPSA) is 109 Å². The molecule has 1 fully saturated rings. The number of benzene rings is 1. The van der Waals surface area contributed by atoms with E-state index in [1.54, 1.807) is 19.2 Å². The van der Waals surface area contributed by atoms with Crippen LogP contribution in [0.2, 0.25) is 0 Å². The van der Waals surface area contributed by atoms with Crippen LogP contribution in [0.1, 0.15) is 23.4 Å². The summed E-state index contributed by atoms with van der Waals surface area (Å²) in [5.74, 6) is 1.68. The van der Waals surface area contributed by atoms with E-state index >= 15 is 0 Å². The Kier molecular flexibility index (Phi) is 10.8. The number of nitrogens with one attached hydrogen (secondary N) is 1. The summed E-state index contributed by atoms with van der Waals surface area (Å²) >= 11 is 0. The van der Waals surface area contributed by atoms with Gasteiger partial charge < -0.3 is 19.5 Å². The zero-order valence-electron chi connectivity index (χ0n) is 18.5. The van der Waals surface area contributed by atoms with Crippen molar-refractivity contribution in [2.24, 2.45) is 4.99 Å². The average Bonchev–Trinajstić information content (AvgIpc) is 3.18. The van der Waals surface area contributed by atoms with Crippen LogP contribution < -0.4 is 5.32 Å². The molecule has 0 spiro atoms. The molecule has 1 saturated heterocycles. The second-order valence-corrected chi connectivity index (χ2v) is 7.53. The highest BCUT2D eigenvalue weighted by atomic mass is 127. The van der Waals surface area contributed by atoms with E-state index < -0.39 is 4.92 Å². The summed E-state index contributed by atoms with van der Waals surface area (Å²) in [5.41, 5.74) is 1.97. The standard InChI is InChI=1S/C21H30N6O4.HI/c1-17-14-19(24-31-17)16-25-9-11-26(12-10-25)21(22-8-3-13-30-2)23-15-18-4-6-20(7-5-18)27(28)29;/h4-7,14H,3,8-13,15-16H2,1-2H3,(H,22,23);1H. The Morgan fingerprint density at radius 2 is 2.00 bits per heavy atom. The smallest absolute Gasteiger partial charge is 0.269 e. The zero-order valence-corrected chi connectivity index (χ0v) is 20.9. The van der Waals surface area contributed by atoms with Crippen LogP contribution in [-0.4, -0.2) is 72.3 Å². The number of methoxy groups -OCH3 is 1. The Hall–Kier alpha value is -2.25. The van der Waals surface area contributed by atoms with Crippen LogP contribution in [0.5, 0.6) is 0 Å². The molecule has 1 N–H and O–H groups in total. The Morgan fingerprint density at radius 3 is 2.59 bits per heavy atom. The van der Waals surface area contributed by atoms with E-state index in [1.165, 1.54) is 12.1 Å². The number of rotatable bonds is 9. The summed E-state index contributed by atoms with van der Waals surface area (Å²) < 4.78 is 10.3. The van der Waals surface area contributed by atoms with Crippen molar-refractivity contribution in [1.29, 1.82) is 0 Å². The summed E-state index contributed by atoms with van der Waals surface area (Å²) in [6, 6.07) is 8.51. The molecule has 0 aliphatic carbocycles. The minimum Gasteiger partial charge on any atom is -0.385 e. The van der Waals surface area contributed by atoms with Gasteiger partial charge in [-0.3, -0.25) is 15.0 Å². The second kappa shape index (κ2) is 13.3. The molecule has 0 unspecified atom stereocenters. The Morgan fingerprint density at radius 1 is 1.28 bits per heavy atom. The lowest BCUT2D eigenvalue weighted by molar-refractivity contribution is -0.384. The number of aliphatic imine (C=N–C) groups is 1. The number of ether oxygens (including phenoxy) is 1. The highest BCUT2D eigenvalue weighted by Gasteiger charge is 2.20. The molecule has 176 valence electrons. The van der Waals surface area contributed by atoms with Crippen molar-refractivity contribution < 1.29 is 14.2 Å². The largest absolute Gasteiger partial charge is 0.385 e. The summed E-state index contributed by atoms with van der Waals surface area (Å²) in [7, 11) is 1.69. The lowest BCUT2D eigenvalue weighted by Gasteiger charge is -2.36. The molecule has 0 atom stereocenters. The van der Waals surface area contributed by atoms with E-state index in [0.29, 0.717) is 13.2 Å². The Bertz CT molecular complexity index is 865. The lowest BCUT2D eigenvalue weighted by atomic mass is 10.2. The number of piperazine rings is 1. The summed E-state index contributed by atoms with van der Waals surface area (Å²) in [6.07, 6.45) is 0.887. The number of aromatic nitrogens is 1.